The lowest BCUT2D eigenvalue weighted by atomic mass is 9.80. The third-order valence-electron chi connectivity index (χ3n) is 6.97. The summed E-state index contributed by atoms with van der Waals surface area (Å²) < 4.78 is 46.6. The first kappa shape index (κ1) is 25.5. The lowest BCUT2D eigenvalue weighted by Crippen LogP contribution is -2.31. The molecule has 5 rings (SSSR count). The van der Waals surface area contributed by atoms with E-state index in [1.54, 1.807) is 29.9 Å². The number of nitrogens with zero attached hydrogens (tertiary/aromatic N) is 4. The largest absolute Gasteiger partial charge is 0.497 e. The fourth-order valence-electron chi connectivity index (χ4n) is 4.62. The Morgan fingerprint density at radius 2 is 1.89 bits per heavy atom. The van der Waals surface area contributed by atoms with Crippen molar-refractivity contribution < 1.29 is 27.8 Å². The van der Waals surface area contributed by atoms with Gasteiger partial charge in [-0.25, -0.2) is 19.7 Å². The molecule has 4 aromatic rings. The molecule has 2 aromatic heterocycles. The Morgan fingerprint density at radius 3 is 2.50 bits per heavy atom. The fourth-order valence-corrected chi connectivity index (χ4v) is 4.62. The standard InChI is InChI=1S/C27H26F3N5O3/c1-15(17-5-3-6-17)31-22-21-23(33-24(32-22)26(36)37)34-25(18-7-4-8-20(13-18)38-2)35(21)14-16-9-11-19(12-10-16)27(28,29)30/h4,7-13,15,17H,3,5-6,14H2,1-2H3,(H,36,37)(H,31,32,33). The monoisotopic (exact) mass is 525 g/mol. The van der Waals surface area contributed by atoms with Gasteiger partial charge in [0, 0.05) is 18.2 Å². The molecular weight excluding hydrogens is 499 g/mol. The van der Waals surface area contributed by atoms with Crippen LogP contribution in [0.2, 0.25) is 0 Å². The summed E-state index contributed by atoms with van der Waals surface area (Å²) in [6, 6.07) is 12.1. The summed E-state index contributed by atoms with van der Waals surface area (Å²) in [6.45, 7) is 2.18. The summed E-state index contributed by atoms with van der Waals surface area (Å²) in [6.07, 6.45) is -1.17. The summed E-state index contributed by atoms with van der Waals surface area (Å²) in [4.78, 5) is 25.0. The highest BCUT2D eigenvalue weighted by atomic mass is 19.4. The van der Waals surface area contributed by atoms with Crippen molar-refractivity contribution in [1.82, 2.24) is 19.5 Å². The third kappa shape index (κ3) is 5.00. The van der Waals surface area contributed by atoms with Gasteiger partial charge >= 0.3 is 12.1 Å². The third-order valence-corrected chi connectivity index (χ3v) is 6.97. The van der Waals surface area contributed by atoms with Crippen LogP contribution in [-0.2, 0) is 12.7 Å². The first-order chi connectivity index (χ1) is 18.1. The number of halogens is 3. The molecule has 198 valence electrons. The van der Waals surface area contributed by atoms with Crippen molar-refractivity contribution in [3.63, 3.8) is 0 Å². The maximum Gasteiger partial charge on any atom is 0.416 e. The van der Waals surface area contributed by atoms with Gasteiger partial charge in [-0.2, -0.15) is 13.2 Å². The Balaban J connectivity index is 1.68. The average molecular weight is 526 g/mol. The molecule has 0 amide bonds. The van der Waals surface area contributed by atoms with E-state index in [4.69, 9.17) is 4.74 Å². The van der Waals surface area contributed by atoms with E-state index in [0.29, 0.717) is 40.0 Å². The number of carboxylic acids is 1. The number of imidazole rings is 1. The number of rotatable bonds is 8. The van der Waals surface area contributed by atoms with Crippen molar-refractivity contribution in [1.29, 1.82) is 0 Å². The van der Waals surface area contributed by atoms with Gasteiger partial charge in [-0.15, -0.1) is 0 Å². The molecule has 1 fully saturated rings. The number of carboxylic acid groups (broad SMARTS) is 1. The van der Waals surface area contributed by atoms with Crippen LogP contribution in [0.4, 0.5) is 19.0 Å². The Labute approximate surface area is 216 Å². The topological polar surface area (TPSA) is 102 Å². The number of hydrogen-bond acceptors (Lipinski definition) is 6. The molecule has 38 heavy (non-hydrogen) atoms. The van der Waals surface area contributed by atoms with E-state index in [0.717, 1.165) is 31.4 Å². The van der Waals surface area contributed by atoms with Gasteiger partial charge in [-0.1, -0.05) is 30.7 Å². The van der Waals surface area contributed by atoms with Crippen LogP contribution in [0, 0.1) is 5.92 Å². The zero-order valence-corrected chi connectivity index (χ0v) is 20.8. The van der Waals surface area contributed by atoms with Gasteiger partial charge in [-0.05, 0) is 55.5 Å². The number of benzene rings is 2. The normalized spacial score (nSPS) is 14.8. The van der Waals surface area contributed by atoms with E-state index in [2.05, 4.69) is 20.3 Å². The number of fused-ring (bicyclic) bond motifs is 1. The number of nitrogens with one attached hydrogen (secondary N) is 1. The molecule has 2 N–H and O–H groups in total. The van der Waals surface area contributed by atoms with Crippen LogP contribution in [0.3, 0.4) is 0 Å². The van der Waals surface area contributed by atoms with Crippen molar-refractivity contribution >= 4 is 23.0 Å². The molecular formula is C27H26F3N5O3. The number of alkyl halides is 3. The molecule has 1 atom stereocenters. The van der Waals surface area contributed by atoms with Gasteiger partial charge < -0.3 is 19.7 Å². The van der Waals surface area contributed by atoms with Gasteiger partial charge in [0.2, 0.25) is 5.82 Å². The summed E-state index contributed by atoms with van der Waals surface area (Å²) in [7, 11) is 1.54. The van der Waals surface area contributed by atoms with Crippen LogP contribution in [0.5, 0.6) is 5.75 Å². The highest BCUT2D eigenvalue weighted by Gasteiger charge is 2.30. The molecule has 0 radical (unpaired) electrons. The minimum absolute atomic E-state index is 0.0261. The summed E-state index contributed by atoms with van der Waals surface area (Å²) in [5.74, 6) is 0.112. The average Bonchev–Trinajstić information content (AvgIpc) is 3.21. The van der Waals surface area contributed by atoms with E-state index in [-0.39, 0.29) is 18.2 Å². The van der Waals surface area contributed by atoms with Crippen LogP contribution in [0.1, 0.15) is 47.9 Å². The van der Waals surface area contributed by atoms with E-state index >= 15 is 0 Å². The van der Waals surface area contributed by atoms with Crippen LogP contribution >= 0.6 is 0 Å². The highest BCUT2D eigenvalue weighted by molar-refractivity contribution is 5.92. The van der Waals surface area contributed by atoms with Gasteiger partial charge in [-0.3, -0.25) is 0 Å². The second-order valence-electron chi connectivity index (χ2n) is 9.45. The second kappa shape index (κ2) is 9.96. The maximum absolute atomic E-state index is 13.1. The van der Waals surface area contributed by atoms with Crippen LogP contribution in [-0.4, -0.2) is 43.7 Å². The minimum Gasteiger partial charge on any atom is -0.497 e. The number of carbonyl (C=O) groups is 1. The highest BCUT2D eigenvalue weighted by Crippen LogP contribution is 2.35. The van der Waals surface area contributed by atoms with Gasteiger partial charge in [0.15, 0.2) is 11.5 Å². The van der Waals surface area contributed by atoms with Crippen molar-refractivity contribution in [3.05, 3.63) is 65.5 Å². The lowest BCUT2D eigenvalue weighted by molar-refractivity contribution is -0.137. The maximum atomic E-state index is 13.1. The number of methoxy groups -OCH3 is 1. The minimum atomic E-state index is -4.44. The van der Waals surface area contributed by atoms with Crippen molar-refractivity contribution in [2.45, 2.75) is 44.9 Å². The summed E-state index contributed by atoms with van der Waals surface area (Å²) in [5, 5.41) is 13.0. The molecule has 2 aromatic carbocycles. The van der Waals surface area contributed by atoms with Gasteiger partial charge in [0.1, 0.15) is 17.1 Å². The molecule has 1 saturated carbocycles. The summed E-state index contributed by atoms with van der Waals surface area (Å²) >= 11 is 0. The molecule has 8 nitrogen and oxygen atoms in total. The smallest absolute Gasteiger partial charge is 0.416 e. The number of aromatic nitrogens is 4. The zero-order chi connectivity index (χ0) is 27.0. The molecule has 0 spiro atoms. The molecule has 0 bridgehead atoms. The van der Waals surface area contributed by atoms with E-state index in [1.165, 1.54) is 12.1 Å². The first-order valence-electron chi connectivity index (χ1n) is 12.2. The van der Waals surface area contributed by atoms with Crippen LogP contribution < -0.4 is 10.1 Å². The Bertz CT molecular complexity index is 1480. The van der Waals surface area contributed by atoms with Gasteiger partial charge in [0.05, 0.1) is 12.7 Å². The molecule has 0 saturated heterocycles. The molecule has 2 heterocycles. The Morgan fingerprint density at radius 1 is 1.16 bits per heavy atom. The van der Waals surface area contributed by atoms with Gasteiger partial charge in [0.25, 0.3) is 0 Å². The molecule has 1 aliphatic carbocycles. The van der Waals surface area contributed by atoms with Crippen LogP contribution in [0.15, 0.2) is 48.5 Å². The zero-order valence-electron chi connectivity index (χ0n) is 20.8. The predicted octanol–water partition coefficient (Wildman–Crippen LogP) is 5.87. The molecule has 0 aliphatic heterocycles. The van der Waals surface area contributed by atoms with Crippen molar-refractivity contribution in [2.24, 2.45) is 5.92 Å². The number of aromatic carboxylic acids is 1. The van der Waals surface area contributed by atoms with Crippen LogP contribution in [0.25, 0.3) is 22.6 Å². The SMILES string of the molecule is COc1cccc(-c2nc3nc(C(=O)O)nc(NC(C)C4CCC4)c3n2Cc2ccc(C(F)(F)F)cc2)c1. The molecule has 1 aliphatic rings. The number of anilines is 1. The van der Waals surface area contributed by atoms with E-state index in [9.17, 15) is 23.1 Å². The fraction of sp³-hybridized carbons (Fsp3) is 0.333. The predicted molar refractivity (Wildman–Crippen MR) is 135 cm³/mol. The van der Waals surface area contributed by atoms with E-state index < -0.39 is 23.5 Å². The number of hydrogen-bond donors (Lipinski definition) is 2. The van der Waals surface area contributed by atoms with Crippen molar-refractivity contribution in [3.8, 4) is 17.1 Å². The quantitative estimate of drug-likeness (QED) is 0.297. The molecule has 1 unspecified atom stereocenters. The number of ether oxygens (including phenoxy) is 1. The Kier molecular flexibility index (Phi) is 6.68. The van der Waals surface area contributed by atoms with Crippen molar-refractivity contribution in [2.75, 3.05) is 12.4 Å². The lowest BCUT2D eigenvalue weighted by Gasteiger charge is -2.32. The Hall–Kier alpha value is -4.15. The second-order valence-corrected chi connectivity index (χ2v) is 9.45. The summed E-state index contributed by atoms with van der Waals surface area (Å²) in [5.41, 5.74) is 1.17. The van der Waals surface area contributed by atoms with E-state index in [1.807, 2.05) is 13.0 Å². The molecule has 11 heteroatoms. The first-order valence-corrected chi connectivity index (χ1v) is 12.2.